The molecule has 3 amide bonds. The molecule has 4 aliphatic heterocycles. The number of carbonyl (C=O) groups excluding carboxylic acids is 3. The largest absolute Gasteiger partial charge is 0.368 e. The highest BCUT2D eigenvalue weighted by Gasteiger charge is 2.51. The maximum Gasteiger partial charge on any atom is 0.252 e. The van der Waals surface area contributed by atoms with Gasteiger partial charge in [-0.2, -0.15) is 0 Å². The number of ether oxygens (including phenoxy) is 1. The molecule has 1 saturated carbocycles. The van der Waals surface area contributed by atoms with E-state index in [1.807, 2.05) is 39.9 Å². The van der Waals surface area contributed by atoms with Crippen molar-refractivity contribution >= 4 is 23.5 Å². The fourth-order valence-corrected chi connectivity index (χ4v) is 8.96. The Hall–Kier alpha value is -3.64. The average molecular weight is 693 g/mol. The van der Waals surface area contributed by atoms with Gasteiger partial charge in [-0.1, -0.05) is 19.1 Å². The van der Waals surface area contributed by atoms with Gasteiger partial charge in [-0.3, -0.25) is 14.4 Å². The first kappa shape index (κ1) is 34.8. The van der Waals surface area contributed by atoms with E-state index < -0.39 is 35.6 Å². The molecule has 0 bridgehead atoms. The van der Waals surface area contributed by atoms with E-state index in [9.17, 15) is 14.0 Å². The van der Waals surface area contributed by atoms with Crippen LogP contribution in [0.3, 0.4) is 0 Å². The molecule has 0 unspecified atom stereocenters. The molecule has 50 heavy (non-hydrogen) atoms. The van der Waals surface area contributed by atoms with Crippen LogP contribution in [0.25, 0.3) is 0 Å². The number of hydrogen-bond donors (Lipinski definition) is 0. The molecule has 7 rings (SSSR count). The van der Waals surface area contributed by atoms with E-state index in [1.54, 1.807) is 11.1 Å². The number of piperazine rings is 1. The number of rotatable bonds is 7. The SMILES string of the molecule is CC1CCC(N(C(=O)[C@@H]2CCCO2)[C@H]2C[C@@H](C(=O)N3CCN(C)CC3)N(C(=O)[C@@H]3CN(c4ccccn4)C[C@H]3c3ccc(F)cc3F)C2)CC1. The van der Waals surface area contributed by atoms with E-state index in [-0.39, 0.29) is 48.5 Å². The second kappa shape index (κ2) is 14.9. The van der Waals surface area contributed by atoms with E-state index >= 15 is 9.18 Å². The van der Waals surface area contributed by atoms with Crippen molar-refractivity contribution in [2.75, 3.05) is 64.4 Å². The molecule has 5 atom stereocenters. The van der Waals surface area contributed by atoms with Gasteiger partial charge in [-0.05, 0) is 81.7 Å². The highest BCUT2D eigenvalue weighted by Crippen LogP contribution is 2.40. The fraction of sp³-hybridized carbons (Fsp3) is 0.632. The van der Waals surface area contributed by atoms with Crippen LogP contribution in [0.4, 0.5) is 14.6 Å². The minimum absolute atomic E-state index is 0.0227. The third-order valence-electron chi connectivity index (χ3n) is 11.9. The summed E-state index contributed by atoms with van der Waals surface area (Å²) in [6.45, 7) is 6.24. The van der Waals surface area contributed by atoms with Crippen molar-refractivity contribution in [1.29, 1.82) is 0 Å². The van der Waals surface area contributed by atoms with Crippen molar-refractivity contribution in [3.05, 3.63) is 59.8 Å². The second-order valence-corrected chi connectivity index (χ2v) is 15.2. The topological polar surface area (TPSA) is 89.5 Å². The van der Waals surface area contributed by atoms with Crippen molar-refractivity contribution in [3.8, 4) is 0 Å². The maximum atomic E-state index is 15.4. The summed E-state index contributed by atoms with van der Waals surface area (Å²) in [4.78, 5) is 58.0. The number of pyridine rings is 1. The number of likely N-dealkylation sites (N-methyl/N-ethyl adjacent to an activating group) is 1. The molecule has 2 aromatic rings. The first-order valence-electron chi connectivity index (χ1n) is 18.5. The number of benzene rings is 1. The van der Waals surface area contributed by atoms with Crippen LogP contribution in [0.5, 0.6) is 0 Å². The van der Waals surface area contributed by atoms with Crippen LogP contribution in [0.15, 0.2) is 42.6 Å². The summed E-state index contributed by atoms with van der Waals surface area (Å²) in [6, 6.07) is 8.00. The van der Waals surface area contributed by atoms with Gasteiger partial charge in [0, 0.05) is 76.6 Å². The normalized spacial score (nSPS) is 30.6. The number of amides is 3. The Balaban J connectivity index is 1.23. The lowest BCUT2D eigenvalue weighted by atomic mass is 9.85. The molecule has 0 spiro atoms. The Kier molecular flexibility index (Phi) is 10.4. The zero-order valence-corrected chi connectivity index (χ0v) is 29.3. The van der Waals surface area contributed by atoms with Crippen molar-refractivity contribution in [1.82, 2.24) is 24.6 Å². The Morgan fingerprint density at radius 3 is 2.36 bits per heavy atom. The van der Waals surface area contributed by atoms with E-state index in [2.05, 4.69) is 16.8 Å². The summed E-state index contributed by atoms with van der Waals surface area (Å²) < 4.78 is 35.4. The molecule has 0 N–H and O–H groups in total. The maximum absolute atomic E-state index is 15.4. The van der Waals surface area contributed by atoms with Crippen molar-refractivity contribution < 1.29 is 27.9 Å². The average Bonchev–Trinajstić information content (AvgIpc) is 3.91. The molecule has 0 radical (unpaired) electrons. The minimum Gasteiger partial charge on any atom is -0.368 e. The van der Waals surface area contributed by atoms with Gasteiger partial charge in [0.05, 0.1) is 12.0 Å². The molecule has 4 saturated heterocycles. The Labute approximate surface area is 293 Å². The van der Waals surface area contributed by atoms with Crippen molar-refractivity contribution in [2.24, 2.45) is 11.8 Å². The Morgan fingerprint density at radius 1 is 0.900 bits per heavy atom. The molecule has 1 aromatic heterocycles. The summed E-state index contributed by atoms with van der Waals surface area (Å²) in [7, 11) is 2.03. The zero-order valence-electron chi connectivity index (χ0n) is 29.3. The molecular formula is C38H50F2N6O4. The number of aromatic nitrogens is 1. The van der Waals surface area contributed by atoms with Crippen molar-refractivity contribution in [3.63, 3.8) is 0 Å². The van der Waals surface area contributed by atoms with Crippen LogP contribution in [-0.2, 0) is 19.1 Å². The molecule has 1 aliphatic carbocycles. The predicted molar refractivity (Wildman–Crippen MR) is 184 cm³/mol. The van der Waals surface area contributed by atoms with Gasteiger partial charge < -0.3 is 29.2 Å². The summed E-state index contributed by atoms with van der Waals surface area (Å²) in [5.41, 5.74) is 0.271. The number of hydrogen-bond acceptors (Lipinski definition) is 7. The monoisotopic (exact) mass is 692 g/mol. The molecule has 12 heteroatoms. The lowest BCUT2D eigenvalue weighted by Crippen LogP contribution is -2.54. The van der Waals surface area contributed by atoms with E-state index in [0.717, 1.165) is 51.3 Å². The van der Waals surface area contributed by atoms with Gasteiger partial charge in [0.25, 0.3) is 5.91 Å². The molecular weight excluding hydrogens is 642 g/mol. The number of nitrogens with zero attached hydrogens (tertiary/aromatic N) is 6. The number of anilines is 1. The van der Waals surface area contributed by atoms with Gasteiger partial charge in [0.15, 0.2) is 0 Å². The summed E-state index contributed by atoms with van der Waals surface area (Å²) in [5, 5.41) is 0. The molecule has 1 aromatic carbocycles. The standard InChI is InChI=1S/C38H50F2N6O4/c1-25-8-11-27(12-9-25)46(38(49)34-6-5-19-50-34)28-21-33(37(48)43-17-15-42(2)16-18-43)45(22-28)36(47)31-24-44(35-7-3-4-14-41-35)23-30(31)29-13-10-26(39)20-32(29)40/h3-4,7,10,13-14,20,25,27-28,30-31,33-34H,5-6,8-9,11-12,15-19,21-24H2,1-2H3/t25?,27?,28-,30-,31+,33-,34-/m0/s1. The van der Waals surface area contributed by atoms with Crippen LogP contribution in [0.1, 0.15) is 63.4 Å². The van der Waals surface area contributed by atoms with E-state index in [4.69, 9.17) is 4.74 Å². The molecule has 270 valence electrons. The van der Waals surface area contributed by atoms with E-state index in [1.165, 1.54) is 12.1 Å². The molecule has 5 heterocycles. The first-order chi connectivity index (χ1) is 24.2. The lowest BCUT2D eigenvalue weighted by Gasteiger charge is -2.41. The quantitative estimate of drug-likeness (QED) is 0.435. The van der Waals surface area contributed by atoms with Crippen LogP contribution >= 0.6 is 0 Å². The third kappa shape index (κ3) is 7.10. The highest BCUT2D eigenvalue weighted by atomic mass is 19.1. The molecule has 10 nitrogen and oxygen atoms in total. The lowest BCUT2D eigenvalue weighted by molar-refractivity contribution is -0.148. The predicted octanol–water partition coefficient (Wildman–Crippen LogP) is 3.91. The summed E-state index contributed by atoms with van der Waals surface area (Å²) in [6.07, 6.45) is 6.86. The van der Waals surface area contributed by atoms with Gasteiger partial charge in [0.1, 0.15) is 29.6 Å². The van der Waals surface area contributed by atoms with E-state index in [0.29, 0.717) is 50.8 Å². The minimum atomic E-state index is -0.749. The number of carbonyl (C=O) groups is 3. The van der Waals surface area contributed by atoms with Crippen LogP contribution in [-0.4, -0.2) is 126 Å². The summed E-state index contributed by atoms with van der Waals surface area (Å²) in [5.74, 6) is -1.78. The van der Waals surface area contributed by atoms with Gasteiger partial charge >= 0.3 is 0 Å². The first-order valence-corrected chi connectivity index (χ1v) is 18.5. The number of likely N-dealkylation sites (tertiary alicyclic amines) is 1. The van der Waals surface area contributed by atoms with Gasteiger partial charge in [-0.15, -0.1) is 0 Å². The third-order valence-corrected chi connectivity index (χ3v) is 11.9. The Bertz CT molecular complexity index is 1530. The zero-order chi connectivity index (χ0) is 34.9. The van der Waals surface area contributed by atoms with Crippen molar-refractivity contribution in [2.45, 2.75) is 82.0 Å². The van der Waals surface area contributed by atoms with Crippen LogP contribution < -0.4 is 4.90 Å². The fourth-order valence-electron chi connectivity index (χ4n) is 8.96. The van der Waals surface area contributed by atoms with Gasteiger partial charge in [0.2, 0.25) is 11.8 Å². The van der Waals surface area contributed by atoms with Crippen LogP contribution in [0, 0.1) is 23.5 Å². The molecule has 5 aliphatic rings. The summed E-state index contributed by atoms with van der Waals surface area (Å²) >= 11 is 0. The molecule has 5 fully saturated rings. The highest BCUT2D eigenvalue weighted by molar-refractivity contribution is 5.91. The van der Waals surface area contributed by atoms with Gasteiger partial charge in [-0.25, -0.2) is 13.8 Å². The Morgan fingerprint density at radius 2 is 1.68 bits per heavy atom. The second-order valence-electron chi connectivity index (χ2n) is 15.2. The van der Waals surface area contributed by atoms with Crippen LogP contribution in [0.2, 0.25) is 0 Å². The number of halogens is 2. The smallest absolute Gasteiger partial charge is 0.252 e.